The Morgan fingerprint density at radius 2 is 1.70 bits per heavy atom. The van der Waals surface area contributed by atoms with E-state index in [0.29, 0.717) is 58.9 Å². The van der Waals surface area contributed by atoms with Gasteiger partial charge in [0.15, 0.2) is 0 Å². The molecule has 1 aliphatic rings. The summed E-state index contributed by atoms with van der Waals surface area (Å²) in [7, 11) is 3.33. The molecule has 212 valence electrons. The number of benzene rings is 3. The molecule has 3 aromatic rings. The quantitative estimate of drug-likeness (QED) is 0.270. The van der Waals surface area contributed by atoms with Crippen molar-refractivity contribution >= 4 is 51.1 Å². The van der Waals surface area contributed by atoms with Crippen LogP contribution < -0.4 is 9.47 Å². The monoisotopic (exact) mass is 648 g/mol. The minimum atomic E-state index is -0.601. The van der Waals surface area contributed by atoms with Crippen molar-refractivity contribution in [1.82, 2.24) is 9.80 Å². The molecule has 2 amide bonds. The summed E-state index contributed by atoms with van der Waals surface area (Å²) in [4.78, 5) is 29.8. The molecule has 40 heavy (non-hydrogen) atoms. The summed E-state index contributed by atoms with van der Waals surface area (Å²) in [5.41, 5.74) is 2.45. The molecule has 1 aliphatic heterocycles. The highest BCUT2D eigenvalue weighted by Crippen LogP contribution is 2.35. The van der Waals surface area contributed by atoms with E-state index in [1.807, 2.05) is 39.0 Å². The van der Waals surface area contributed by atoms with E-state index in [4.69, 9.17) is 37.4 Å². The van der Waals surface area contributed by atoms with Crippen molar-refractivity contribution in [3.63, 3.8) is 0 Å². The van der Waals surface area contributed by atoms with Crippen LogP contribution in [0, 0.1) is 0 Å². The normalized spacial score (nSPS) is 12.9. The van der Waals surface area contributed by atoms with Gasteiger partial charge in [0, 0.05) is 51.3 Å². The molecule has 0 saturated heterocycles. The molecule has 0 saturated carbocycles. The van der Waals surface area contributed by atoms with Crippen molar-refractivity contribution in [3.05, 3.63) is 85.3 Å². The van der Waals surface area contributed by atoms with E-state index in [2.05, 4.69) is 15.9 Å². The highest BCUT2D eigenvalue weighted by Gasteiger charge is 2.30. The average molecular weight is 650 g/mol. The molecule has 0 aromatic heterocycles. The van der Waals surface area contributed by atoms with E-state index >= 15 is 0 Å². The lowest BCUT2D eigenvalue weighted by molar-refractivity contribution is 0.0222. The third-order valence-electron chi connectivity index (χ3n) is 6.32. The summed E-state index contributed by atoms with van der Waals surface area (Å²) >= 11 is 15.8. The SMILES string of the molecule is COc1ccc(C(=O)N(C)Cc2ccc(Br)cc2Oc2cc(Cl)cc(Cl)c2)c2c1CN(C(=O)OC(C)(C)C)CC2. The lowest BCUT2D eigenvalue weighted by atomic mass is 9.93. The number of ether oxygens (including phenoxy) is 3. The molecule has 0 spiro atoms. The molecule has 0 radical (unpaired) electrons. The standard InChI is InChI=1S/C30H31BrCl2N2O5/c1-30(2,3)40-29(37)35-11-10-23-24(8-9-26(38-5)25(23)17-35)28(36)34(4)16-18-6-7-19(31)12-27(18)39-22-14-20(32)13-21(33)15-22/h6-9,12-15H,10-11,16-17H2,1-5H3. The van der Waals surface area contributed by atoms with Gasteiger partial charge in [-0.3, -0.25) is 4.79 Å². The molecule has 0 aliphatic carbocycles. The Labute approximate surface area is 253 Å². The van der Waals surface area contributed by atoms with Crippen LogP contribution in [0.25, 0.3) is 0 Å². The number of amides is 2. The Morgan fingerprint density at radius 3 is 2.35 bits per heavy atom. The van der Waals surface area contributed by atoms with E-state index < -0.39 is 11.7 Å². The maximum Gasteiger partial charge on any atom is 0.410 e. The van der Waals surface area contributed by atoms with Gasteiger partial charge in [0.25, 0.3) is 5.91 Å². The van der Waals surface area contributed by atoms with Gasteiger partial charge >= 0.3 is 6.09 Å². The molecule has 4 rings (SSSR count). The second-order valence-electron chi connectivity index (χ2n) is 10.5. The van der Waals surface area contributed by atoms with Crippen molar-refractivity contribution in [1.29, 1.82) is 0 Å². The van der Waals surface area contributed by atoms with Gasteiger partial charge in [0.2, 0.25) is 0 Å². The Kier molecular flexibility index (Phi) is 9.22. The van der Waals surface area contributed by atoms with Crippen LogP contribution in [0.4, 0.5) is 4.79 Å². The number of nitrogens with zero attached hydrogens (tertiary/aromatic N) is 2. The number of hydrogen-bond donors (Lipinski definition) is 0. The Hall–Kier alpha value is -2.94. The molecule has 0 N–H and O–H groups in total. The van der Waals surface area contributed by atoms with Gasteiger partial charge in [-0.05, 0) is 75.2 Å². The summed E-state index contributed by atoms with van der Waals surface area (Å²) < 4.78 is 18.1. The summed E-state index contributed by atoms with van der Waals surface area (Å²) in [6.45, 7) is 6.53. The lowest BCUT2D eigenvalue weighted by Crippen LogP contribution is -2.40. The molecule has 0 fully saturated rings. The Bertz CT molecular complexity index is 1420. The zero-order valence-electron chi connectivity index (χ0n) is 23.0. The third kappa shape index (κ3) is 7.22. The van der Waals surface area contributed by atoms with Crippen molar-refractivity contribution in [3.8, 4) is 17.2 Å². The topological polar surface area (TPSA) is 68.3 Å². The zero-order valence-corrected chi connectivity index (χ0v) is 26.1. The zero-order chi connectivity index (χ0) is 29.2. The van der Waals surface area contributed by atoms with Crippen LogP contribution in [0.5, 0.6) is 17.2 Å². The van der Waals surface area contributed by atoms with Gasteiger partial charge in [0.1, 0.15) is 22.8 Å². The fourth-order valence-corrected chi connectivity index (χ4v) is 5.37. The van der Waals surface area contributed by atoms with Crippen LogP contribution in [-0.4, -0.2) is 48.1 Å². The first kappa shape index (κ1) is 30.0. The van der Waals surface area contributed by atoms with Crippen LogP contribution in [-0.2, 0) is 24.2 Å². The molecule has 1 heterocycles. The summed E-state index contributed by atoms with van der Waals surface area (Å²) in [5.74, 6) is 1.54. The third-order valence-corrected chi connectivity index (χ3v) is 7.25. The number of hydrogen-bond acceptors (Lipinski definition) is 5. The highest BCUT2D eigenvalue weighted by molar-refractivity contribution is 9.10. The van der Waals surface area contributed by atoms with Crippen LogP contribution in [0.1, 0.15) is 47.8 Å². The predicted molar refractivity (Wildman–Crippen MR) is 160 cm³/mol. The van der Waals surface area contributed by atoms with Crippen molar-refractivity contribution in [2.24, 2.45) is 0 Å². The first-order valence-electron chi connectivity index (χ1n) is 12.7. The van der Waals surface area contributed by atoms with Gasteiger partial charge in [-0.25, -0.2) is 4.79 Å². The van der Waals surface area contributed by atoms with Gasteiger partial charge < -0.3 is 24.0 Å². The molecular formula is C30H31BrCl2N2O5. The number of carbonyl (C=O) groups excluding carboxylic acids is 2. The van der Waals surface area contributed by atoms with Gasteiger partial charge in [0.05, 0.1) is 13.7 Å². The molecule has 0 unspecified atom stereocenters. The fraction of sp³-hybridized carbons (Fsp3) is 0.333. The van der Waals surface area contributed by atoms with E-state index in [1.54, 1.807) is 54.3 Å². The van der Waals surface area contributed by atoms with Crippen LogP contribution in [0.2, 0.25) is 10.0 Å². The van der Waals surface area contributed by atoms with Crippen LogP contribution >= 0.6 is 39.1 Å². The summed E-state index contributed by atoms with van der Waals surface area (Å²) in [6.07, 6.45) is 0.112. The minimum absolute atomic E-state index is 0.149. The molecule has 10 heteroatoms. The maximum atomic E-state index is 13.7. The predicted octanol–water partition coefficient (Wildman–Crippen LogP) is 8.12. The number of halogens is 3. The van der Waals surface area contributed by atoms with Crippen molar-refractivity contribution < 1.29 is 23.8 Å². The first-order chi connectivity index (χ1) is 18.8. The smallest absolute Gasteiger partial charge is 0.410 e. The second-order valence-corrected chi connectivity index (χ2v) is 12.3. The van der Waals surface area contributed by atoms with E-state index in [-0.39, 0.29) is 5.91 Å². The second kappa shape index (κ2) is 12.3. The Morgan fingerprint density at radius 1 is 1.00 bits per heavy atom. The van der Waals surface area contributed by atoms with Crippen molar-refractivity contribution in [2.45, 2.75) is 45.9 Å². The average Bonchev–Trinajstić information content (AvgIpc) is 2.87. The van der Waals surface area contributed by atoms with Gasteiger partial charge in [-0.1, -0.05) is 45.2 Å². The molecule has 7 nitrogen and oxygen atoms in total. The van der Waals surface area contributed by atoms with Crippen LogP contribution in [0.15, 0.2) is 53.0 Å². The van der Waals surface area contributed by atoms with Gasteiger partial charge in [-0.2, -0.15) is 0 Å². The molecular weight excluding hydrogens is 619 g/mol. The molecule has 3 aromatic carbocycles. The number of rotatable bonds is 6. The number of methoxy groups -OCH3 is 1. The van der Waals surface area contributed by atoms with Crippen molar-refractivity contribution in [2.75, 3.05) is 20.7 Å². The lowest BCUT2D eigenvalue weighted by Gasteiger charge is -2.33. The first-order valence-corrected chi connectivity index (χ1v) is 14.2. The summed E-state index contributed by atoms with van der Waals surface area (Å²) in [5, 5.41) is 0.918. The van der Waals surface area contributed by atoms with E-state index in [1.165, 1.54) is 0 Å². The van der Waals surface area contributed by atoms with E-state index in [9.17, 15) is 9.59 Å². The highest BCUT2D eigenvalue weighted by atomic mass is 79.9. The largest absolute Gasteiger partial charge is 0.496 e. The molecule has 0 atom stereocenters. The van der Waals surface area contributed by atoms with Gasteiger partial charge in [-0.15, -0.1) is 0 Å². The number of carbonyl (C=O) groups is 2. The van der Waals surface area contributed by atoms with E-state index in [0.717, 1.165) is 21.2 Å². The maximum absolute atomic E-state index is 13.7. The number of fused-ring (bicyclic) bond motifs is 1. The fourth-order valence-electron chi connectivity index (χ4n) is 4.52. The minimum Gasteiger partial charge on any atom is -0.496 e. The Balaban J connectivity index is 1.58. The summed E-state index contributed by atoms with van der Waals surface area (Å²) in [6, 6.07) is 14.2. The van der Waals surface area contributed by atoms with Crippen LogP contribution in [0.3, 0.4) is 0 Å². The molecule has 0 bridgehead atoms.